The van der Waals surface area contributed by atoms with Crippen molar-refractivity contribution in [1.82, 2.24) is 4.98 Å². The minimum Gasteiger partial charge on any atom is -0.392 e. The van der Waals surface area contributed by atoms with Gasteiger partial charge in [0.05, 0.1) is 6.10 Å². The fraction of sp³-hybridized carbons (Fsp3) is 0.615. The van der Waals surface area contributed by atoms with Crippen LogP contribution in [0.15, 0.2) is 18.3 Å². The molecule has 1 saturated heterocycles. The van der Waals surface area contributed by atoms with Crippen LogP contribution >= 0.6 is 23.5 Å². The summed E-state index contributed by atoms with van der Waals surface area (Å²) in [5.41, 5.74) is 2.26. The minimum atomic E-state index is -0.257. The van der Waals surface area contributed by atoms with Gasteiger partial charge in [-0.05, 0) is 18.1 Å². The Morgan fingerprint density at radius 1 is 1.47 bits per heavy atom. The number of aliphatic hydroxyl groups excluding tert-OH is 1. The number of thioether (sulfide) groups is 2. The third-order valence-corrected chi connectivity index (χ3v) is 5.89. The van der Waals surface area contributed by atoms with E-state index in [9.17, 15) is 5.11 Å². The quantitative estimate of drug-likeness (QED) is 0.910. The fourth-order valence-corrected chi connectivity index (χ4v) is 4.63. The van der Waals surface area contributed by atoms with Crippen molar-refractivity contribution in [2.45, 2.75) is 31.1 Å². The molecule has 0 amide bonds. The zero-order valence-corrected chi connectivity index (χ0v) is 11.8. The van der Waals surface area contributed by atoms with Gasteiger partial charge in [-0.3, -0.25) is 4.98 Å². The van der Waals surface area contributed by atoms with E-state index in [1.54, 1.807) is 0 Å². The Bertz CT molecular complexity index is 336. The van der Waals surface area contributed by atoms with Crippen LogP contribution in [0.2, 0.25) is 0 Å². The van der Waals surface area contributed by atoms with Crippen molar-refractivity contribution in [1.29, 1.82) is 0 Å². The maximum Gasteiger partial charge on any atom is 0.0722 e. The van der Waals surface area contributed by atoms with Gasteiger partial charge < -0.3 is 5.11 Å². The zero-order valence-electron chi connectivity index (χ0n) is 10.1. The number of nitrogens with zero attached hydrogens (tertiary/aromatic N) is 1. The Morgan fingerprint density at radius 2 is 2.35 bits per heavy atom. The summed E-state index contributed by atoms with van der Waals surface area (Å²) in [7, 11) is 0. The first-order valence-corrected chi connectivity index (χ1v) is 8.31. The summed E-state index contributed by atoms with van der Waals surface area (Å²) in [6.07, 6.45) is 3.37. The van der Waals surface area contributed by atoms with Crippen molar-refractivity contribution in [3.8, 4) is 0 Å². The van der Waals surface area contributed by atoms with Gasteiger partial charge in [0.1, 0.15) is 0 Å². The molecular formula is C13H19NOS2. The van der Waals surface area contributed by atoms with Gasteiger partial charge in [0.25, 0.3) is 0 Å². The van der Waals surface area contributed by atoms with Crippen LogP contribution in [0.25, 0.3) is 0 Å². The second-order valence-electron chi connectivity index (χ2n) is 4.27. The molecule has 2 nitrogen and oxygen atoms in total. The molecule has 2 rings (SSSR count). The number of aliphatic hydroxyl groups is 1. The van der Waals surface area contributed by atoms with Crippen molar-refractivity contribution < 1.29 is 5.11 Å². The topological polar surface area (TPSA) is 33.1 Å². The van der Waals surface area contributed by atoms with E-state index in [0.717, 1.165) is 23.6 Å². The molecule has 0 saturated carbocycles. The predicted molar refractivity (Wildman–Crippen MR) is 76.9 cm³/mol. The van der Waals surface area contributed by atoms with Crippen LogP contribution in [0, 0.1) is 0 Å². The molecule has 2 heterocycles. The smallest absolute Gasteiger partial charge is 0.0722 e. The Labute approximate surface area is 112 Å². The number of aryl methyl sites for hydroxylation is 1. The van der Waals surface area contributed by atoms with Crippen molar-refractivity contribution in [2.24, 2.45) is 0 Å². The third-order valence-electron chi connectivity index (χ3n) is 2.98. The molecular weight excluding hydrogens is 250 g/mol. The average molecular weight is 269 g/mol. The van der Waals surface area contributed by atoms with Crippen LogP contribution in [0.5, 0.6) is 0 Å². The summed E-state index contributed by atoms with van der Waals surface area (Å²) in [5, 5.41) is 10.6. The molecule has 2 atom stereocenters. The van der Waals surface area contributed by atoms with Gasteiger partial charge in [0, 0.05) is 40.8 Å². The van der Waals surface area contributed by atoms with Gasteiger partial charge >= 0.3 is 0 Å². The molecule has 1 aromatic heterocycles. The first-order chi connectivity index (χ1) is 8.29. The van der Waals surface area contributed by atoms with Gasteiger partial charge in [-0.15, -0.1) is 0 Å². The van der Waals surface area contributed by atoms with Gasteiger partial charge in [0.15, 0.2) is 0 Å². The highest BCUT2D eigenvalue weighted by atomic mass is 32.2. The molecule has 1 N–H and O–H groups in total. The molecule has 0 radical (unpaired) electrons. The van der Waals surface area contributed by atoms with Gasteiger partial charge in [-0.2, -0.15) is 23.5 Å². The zero-order chi connectivity index (χ0) is 12.1. The number of hydrogen-bond acceptors (Lipinski definition) is 4. The molecule has 0 aliphatic carbocycles. The molecule has 17 heavy (non-hydrogen) atoms. The molecule has 1 fully saturated rings. The summed E-state index contributed by atoms with van der Waals surface area (Å²) in [4.78, 5) is 4.41. The first-order valence-electron chi connectivity index (χ1n) is 6.11. The molecule has 1 aliphatic rings. The number of aromatic nitrogens is 1. The highest BCUT2D eigenvalue weighted by molar-refractivity contribution is 8.06. The van der Waals surface area contributed by atoms with Gasteiger partial charge in [0.2, 0.25) is 0 Å². The third kappa shape index (κ3) is 3.90. The van der Waals surface area contributed by atoms with E-state index in [-0.39, 0.29) is 6.10 Å². The van der Waals surface area contributed by atoms with E-state index in [0.29, 0.717) is 11.7 Å². The van der Waals surface area contributed by atoms with Crippen LogP contribution in [0.4, 0.5) is 0 Å². The van der Waals surface area contributed by atoms with Crippen molar-refractivity contribution in [2.75, 3.05) is 17.3 Å². The second kappa shape index (κ2) is 6.66. The number of hydrogen-bond donors (Lipinski definition) is 1. The SMILES string of the molecule is CCc1ccc(CC(O)C2CSCCS2)nc1. The summed E-state index contributed by atoms with van der Waals surface area (Å²) in [6, 6.07) is 4.15. The van der Waals surface area contributed by atoms with Crippen LogP contribution in [0.1, 0.15) is 18.2 Å². The van der Waals surface area contributed by atoms with E-state index < -0.39 is 0 Å². The maximum atomic E-state index is 10.2. The first kappa shape index (κ1) is 13.2. The highest BCUT2D eigenvalue weighted by Gasteiger charge is 2.23. The lowest BCUT2D eigenvalue weighted by atomic mass is 10.1. The molecule has 0 spiro atoms. The monoisotopic (exact) mass is 269 g/mol. The van der Waals surface area contributed by atoms with E-state index in [1.165, 1.54) is 11.3 Å². The fourth-order valence-electron chi connectivity index (χ4n) is 1.86. The Hall–Kier alpha value is -0.190. The molecule has 0 aromatic carbocycles. The Kier molecular flexibility index (Phi) is 5.19. The van der Waals surface area contributed by atoms with Crippen molar-refractivity contribution in [3.63, 3.8) is 0 Å². The van der Waals surface area contributed by atoms with E-state index in [4.69, 9.17) is 0 Å². The Balaban J connectivity index is 1.89. The predicted octanol–water partition coefficient (Wildman–Crippen LogP) is 2.40. The number of pyridine rings is 1. The second-order valence-corrected chi connectivity index (χ2v) is 6.76. The van der Waals surface area contributed by atoms with Crippen molar-refractivity contribution in [3.05, 3.63) is 29.6 Å². The van der Waals surface area contributed by atoms with Crippen molar-refractivity contribution >= 4 is 23.5 Å². The van der Waals surface area contributed by atoms with E-state index in [2.05, 4.69) is 18.0 Å². The van der Waals surface area contributed by atoms with Gasteiger partial charge in [-0.25, -0.2) is 0 Å². The largest absolute Gasteiger partial charge is 0.392 e. The summed E-state index contributed by atoms with van der Waals surface area (Å²) >= 11 is 3.85. The molecule has 0 bridgehead atoms. The summed E-state index contributed by atoms with van der Waals surface area (Å²) < 4.78 is 0. The Morgan fingerprint density at radius 3 is 2.94 bits per heavy atom. The standard InChI is InChI=1S/C13H19NOS2/c1-2-10-3-4-11(14-8-10)7-12(15)13-9-16-5-6-17-13/h3-4,8,12-13,15H,2,5-7,9H2,1H3. The normalized spacial score (nSPS) is 22.4. The summed E-state index contributed by atoms with van der Waals surface area (Å²) in [5.74, 6) is 3.45. The van der Waals surface area contributed by atoms with E-state index in [1.807, 2.05) is 35.8 Å². The van der Waals surface area contributed by atoms with Gasteiger partial charge in [-0.1, -0.05) is 13.0 Å². The van der Waals surface area contributed by atoms with Crippen LogP contribution in [-0.4, -0.2) is 38.7 Å². The maximum absolute atomic E-state index is 10.2. The number of rotatable bonds is 4. The molecule has 4 heteroatoms. The lowest BCUT2D eigenvalue weighted by Gasteiger charge is -2.25. The molecule has 1 aliphatic heterocycles. The van der Waals surface area contributed by atoms with Crippen LogP contribution < -0.4 is 0 Å². The summed E-state index contributed by atoms with van der Waals surface area (Å²) in [6.45, 7) is 2.13. The van der Waals surface area contributed by atoms with Crippen LogP contribution in [-0.2, 0) is 12.8 Å². The van der Waals surface area contributed by atoms with Crippen LogP contribution in [0.3, 0.4) is 0 Å². The molecule has 1 aromatic rings. The minimum absolute atomic E-state index is 0.257. The molecule has 94 valence electrons. The highest BCUT2D eigenvalue weighted by Crippen LogP contribution is 2.27. The molecule has 2 unspecified atom stereocenters. The van der Waals surface area contributed by atoms with E-state index >= 15 is 0 Å². The lowest BCUT2D eigenvalue weighted by molar-refractivity contribution is 0.176. The average Bonchev–Trinajstić information content (AvgIpc) is 2.40. The lowest BCUT2D eigenvalue weighted by Crippen LogP contribution is -2.30.